The van der Waals surface area contributed by atoms with Crippen LogP contribution in [0.2, 0.25) is 5.02 Å². The highest BCUT2D eigenvalue weighted by Crippen LogP contribution is 2.37. The number of nitrogens with one attached hydrogen (secondary N) is 1. The Kier molecular flexibility index (Phi) is 6.94. The molecule has 0 aliphatic heterocycles. The summed E-state index contributed by atoms with van der Waals surface area (Å²) in [5.41, 5.74) is 1.56. The molecule has 2 aromatic rings. The van der Waals surface area contributed by atoms with Crippen molar-refractivity contribution in [2.45, 2.75) is 25.7 Å². The predicted molar refractivity (Wildman–Crippen MR) is 110 cm³/mol. The van der Waals surface area contributed by atoms with Gasteiger partial charge >= 0.3 is 5.97 Å². The fraction of sp³-hybridized carbons (Fsp3) is 0.316. The first-order chi connectivity index (χ1) is 13.5. The summed E-state index contributed by atoms with van der Waals surface area (Å²) in [5, 5.41) is 13.1. The lowest BCUT2D eigenvalue weighted by Crippen LogP contribution is -2.23. The van der Waals surface area contributed by atoms with Gasteiger partial charge < -0.3 is 14.8 Å². The maximum absolute atomic E-state index is 12.1. The van der Waals surface area contributed by atoms with E-state index >= 15 is 0 Å². The van der Waals surface area contributed by atoms with Gasteiger partial charge in [-0.3, -0.25) is 4.79 Å². The first-order valence-corrected chi connectivity index (χ1v) is 10.5. The van der Waals surface area contributed by atoms with Crippen LogP contribution >= 0.6 is 38.9 Å². The van der Waals surface area contributed by atoms with Crippen LogP contribution in [0.3, 0.4) is 0 Å². The number of aryl methyl sites for hydroxylation is 1. The van der Waals surface area contributed by atoms with Crippen molar-refractivity contribution in [1.82, 2.24) is 0 Å². The molecule has 3 rings (SSSR count). The minimum absolute atomic E-state index is 0.343. The summed E-state index contributed by atoms with van der Waals surface area (Å²) < 4.78 is 10.9. The molecule has 9 heteroatoms. The average molecular weight is 484 g/mol. The van der Waals surface area contributed by atoms with Gasteiger partial charge in [0.15, 0.2) is 13.2 Å². The Morgan fingerprint density at radius 1 is 1.29 bits per heavy atom. The summed E-state index contributed by atoms with van der Waals surface area (Å²) in [6.07, 6.45) is 3.93. The zero-order valence-electron chi connectivity index (χ0n) is 14.7. The lowest BCUT2D eigenvalue weighted by molar-refractivity contribution is -0.149. The van der Waals surface area contributed by atoms with Crippen LogP contribution in [-0.4, -0.2) is 25.1 Å². The zero-order valence-corrected chi connectivity index (χ0v) is 17.9. The number of amides is 1. The minimum Gasteiger partial charge on any atom is -0.481 e. The lowest BCUT2D eigenvalue weighted by Gasteiger charge is -2.09. The number of hydrogen-bond acceptors (Lipinski definition) is 6. The van der Waals surface area contributed by atoms with Crippen molar-refractivity contribution >= 4 is 55.7 Å². The lowest BCUT2D eigenvalue weighted by atomic mass is 9.96. The molecule has 1 aromatic carbocycles. The number of hydrogen-bond donors (Lipinski definition) is 1. The Bertz CT molecular complexity index is 954. The van der Waals surface area contributed by atoms with Crippen LogP contribution in [0.4, 0.5) is 5.00 Å². The number of halogens is 2. The molecule has 1 aliphatic rings. The van der Waals surface area contributed by atoms with Crippen LogP contribution < -0.4 is 10.1 Å². The van der Waals surface area contributed by atoms with Gasteiger partial charge in [0.25, 0.3) is 5.91 Å². The minimum atomic E-state index is -0.678. The second-order valence-electron chi connectivity index (χ2n) is 6.10. The number of esters is 1. The molecule has 28 heavy (non-hydrogen) atoms. The van der Waals surface area contributed by atoms with E-state index in [4.69, 9.17) is 21.1 Å². The molecular formula is C19H16BrClN2O4S. The number of fused-ring (bicyclic) bond motifs is 1. The van der Waals surface area contributed by atoms with E-state index in [1.165, 1.54) is 11.3 Å². The Morgan fingerprint density at radius 3 is 2.82 bits per heavy atom. The van der Waals surface area contributed by atoms with E-state index in [2.05, 4.69) is 27.3 Å². The van der Waals surface area contributed by atoms with E-state index < -0.39 is 18.5 Å². The molecule has 1 aliphatic carbocycles. The molecule has 6 nitrogen and oxygen atoms in total. The smallest absolute Gasteiger partial charge is 0.344 e. The molecule has 1 aromatic heterocycles. The van der Waals surface area contributed by atoms with Crippen molar-refractivity contribution in [1.29, 1.82) is 5.26 Å². The van der Waals surface area contributed by atoms with E-state index in [9.17, 15) is 14.9 Å². The van der Waals surface area contributed by atoms with Crippen LogP contribution in [0.25, 0.3) is 0 Å². The van der Waals surface area contributed by atoms with E-state index in [1.807, 2.05) is 0 Å². The van der Waals surface area contributed by atoms with Crippen LogP contribution in [0.5, 0.6) is 5.75 Å². The molecule has 0 saturated carbocycles. The molecule has 0 radical (unpaired) electrons. The predicted octanol–water partition coefficient (Wildman–Crippen LogP) is 4.48. The van der Waals surface area contributed by atoms with Gasteiger partial charge in [-0.05, 0) is 65.4 Å². The molecule has 0 atom stereocenters. The molecule has 0 fully saturated rings. The van der Waals surface area contributed by atoms with E-state index in [0.717, 1.165) is 36.1 Å². The van der Waals surface area contributed by atoms with Crippen molar-refractivity contribution in [3.63, 3.8) is 0 Å². The molecule has 0 spiro atoms. The van der Waals surface area contributed by atoms with Gasteiger partial charge in [0, 0.05) is 9.90 Å². The third-order valence-electron chi connectivity index (χ3n) is 4.14. The maximum atomic E-state index is 12.1. The number of carbonyl (C=O) groups excluding carboxylic acids is 2. The molecule has 1 heterocycles. The first kappa shape index (κ1) is 20.6. The molecule has 0 saturated heterocycles. The van der Waals surface area contributed by atoms with E-state index in [1.54, 1.807) is 18.2 Å². The molecule has 1 amide bonds. The highest BCUT2D eigenvalue weighted by atomic mass is 79.9. The SMILES string of the molecule is N#Cc1c(NC(=O)COC(=O)COc2ccc(Cl)cc2Br)sc2c1CCCC2. The maximum Gasteiger partial charge on any atom is 0.344 e. The summed E-state index contributed by atoms with van der Waals surface area (Å²) in [5.74, 6) is -0.729. The first-order valence-electron chi connectivity index (χ1n) is 8.56. The summed E-state index contributed by atoms with van der Waals surface area (Å²) in [6.45, 7) is -0.790. The normalized spacial score (nSPS) is 12.6. The number of thiophene rings is 1. The fourth-order valence-electron chi connectivity index (χ4n) is 2.85. The summed E-state index contributed by atoms with van der Waals surface area (Å²) in [4.78, 5) is 25.1. The summed E-state index contributed by atoms with van der Waals surface area (Å²) >= 11 is 10.6. The van der Waals surface area contributed by atoms with Gasteiger partial charge in [0.1, 0.15) is 16.8 Å². The highest BCUT2D eigenvalue weighted by molar-refractivity contribution is 9.10. The molecule has 146 valence electrons. The number of nitrogens with zero attached hydrogens (tertiary/aromatic N) is 1. The number of rotatable bonds is 6. The van der Waals surface area contributed by atoms with Gasteiger partial charge in [-0.1, -0.05) is 11.6 Å². The summed E-state index contributed by atoms with van der Waals surface area (Å²) in [6, 6.07) is 7.07. The van der Waals surface area contributed by atoms with E-state index in [-0.39, 0.29) is 6.61 Å². The van der Waals surface area contributed by atoms with Gasteiger partial charge in [-0.25, -0.2) is 4.79 Å². The Morgan fingerprint density at radius 2 is 2.07 bits per heavy atom. The topological polar surface area (TPSA) is 88.4 Å². The van der Waals surface area contributed by atoms with Gasteiger partial charge in [0.05, 0.1) is 10.0 Å². The highest BCUT2D eigenvalue weighted by Gasteiger charge is 2.22. The van der Waals surface area contributed by atoms with Crippen molar-refractivity contribution in [3.8, 4) is 11.8 Å². The number of carbonyl (C=O) groups is 2. The largest absolute Gasteiger partial charge is 0.481 e. The fourth-order valence-corrected chi connectivity index (χ4v) is 4.90. The molecule has 1 N–H and O–H groups in total. The monoisotopic (exact) mass is 482 g/mol. The standard InChI is InChI=1S/C19H16BrClN2O4S/c20-14-7-11(21)5-6-15(14)26-10-18(25)27-9-17(24)23-19-13(8-22)12-3-1-2-4-16(12)28-19/h5-7H,1-4,9-10H2,(H,23,24). The van der Waals surface area contributed by atoms with Crippen LogP contribution in [0, 0.1) is 11.3 Å². The van der Waals surface area contributed by atoms with Crippen molar-refractivity contribution in [2.75, 3.05) is 18.5 Å². The van der Waals surface area contributed by atoms with Gasteiger partial charge in [0.2, 0.25) is 0 Å². The average Bonchev–Trinajstić information content (AvgIpc) is 3.02. The number of nitriles is 1. The second kappa shape index (κ2) is 9.41. The molecular weight excluding hydrogens is 468 g/mol. The summed E-state index contributed by atoms with van der Waals surface area (Å²) in [7, 11) is 0. The van der Waals surface area contributed by atoms with E-state index in [0.29, 0.717) is 25.8 Å². The van der Waals surface area contributed by atoms with Crippen LogP contribution in [0.1, 0.15) is 28.8 Å². The second-order valence-corrected chi connectivity index (χ2v) is 8.50. The quantitative estimate of drug-likeness (QED) is 0.612. The Hall–Kier alpha value is -2.08. The van der Waals surface area contributed by atoms with Crippen molar-refractivity contribution in [2.24, 2.45) is 0 Å². The molecule has 0 unspecified atom stereocenters. The van der Waals surface area contributed by atoms with Crippen LogP contribution in [-0.2, 0) is 27.2 Å². The van der Waals surface area contributed by atoms with Gasteiger partial charge in [-0.15, -0.1) is 11.3 Å². The Balaban J connectivity index is 1.50. The Labute approximate surface area is 179 Å². The van der Waals surface area contributed by atoms with Crippen molar-refractivity contribution < 1.29 is 19.1 Å². The third kappa shape index (κ3) is 5.04. The van der Waals surface area contributed by atoms with Gasteiger partial charge in [-0.2, -0.15) is 5.26 Å². The van der Waals surface area contributed by atoms with Crippen LogP contribution in [0.15, 0.2) is 22.7 Å². The van der Waals surface area contributed by atoms with Crippen molar-refractivity contribution in [3.05, 3.63) is 43.7 Å². The number of benzene rings is 1. The third-order valence-corrected chi connectivity index (χ3v) is 6.20. The zero-order chi connectivity index (χ0) is 20.1. The number of anilines is 1. The molecule has 0 bridgehead atoms. The number of ether oxygens (including phenoxy) is 2.